The van der Waals surface area contributed by atoms with Crippen molar-refractivity contribution in [3.63, 3.8) is 0 Å². The van der Waals surface area contributed by atoms with Crippen LogP contribution in [0.1, 0.15) is 60.2 Å². The number of nitrogens with one attached hydrogen (secondary N) is 1. The third-order valence-electron chi connectivity index (χ3n) is 6.26. The van der Waals surface area contributed by atoms with Crippen LogP contribution in [0.25, 0.3) is 17.0 Å². The molecular formula is C25H27N3O2. The monoisotopic (exact) mass is 401 g/mol. The van der Waals surface area contributed by atoms with Gasteiger partial charge in [-0.2, -0.15) is 5.10 Å². The third kappa shape index (κ3) is 3.65. The maximum Gasteiger partial charge on any atom is 0.244 e. The summed E-state index contributed by atoms with van der Waals surface area (Å²) in [7, 11) is 0. The van der Waals surface area contributed by atoms with Gasteiger partial charge in [0.2, 0.25) is 5.91 Å². The van der Waals surface area contributed by atoms with Crippen molar-refractivity contribution in [3.8, 4) is 0 Å². The van der Waals surface area contributed by atoms with Gasteiger partial charge < -0.3 is 10.1 Å². The van der Waals surface area contributed by atoms with Crippen LogP contribution in [-0.2, 0) is 16.0 Å². The van der Waals surface area contributed by atoms with E-state index in [1.54, 1.807) is 6.08 Å². The Morgan fingerprint density at radius 3 is 3.03 bits per heavy atom. The molecule has 1 aliphatic heterocycles. The van der Waals surface area contributed by atoms with Crippen molar-refractivity contribution >= 4 is 22.9 Å². The summed E-state index contributed by atoms with van der Waals surface area (Å²) in [5, 5.41) is 8.81. The van der Waals surface area contributed by atoms with Crippen molar-refractivity contribution in [3.05, 3.63) is 70.9 Å². The van der Waals surface area contributed by atoms with Gasteiger partial charge in [-0.25, -0.2) is 4.68 Å². The summed E-state index contributed by atoms with van der Waals surface area (Å²) in [6.45, 7) is 2.91. The molecule has 1 saturated heterocycles. The Labute approximate surface area is 176 Å². The van der Waals surface area contributed by atoms with E-state index in [1.165, 1.54) is 16.7 Å². The number of nitrogens with zero attached hydrogens (tertiary/aromatic N) is 2. The lowest BCUT2D eigenvalue weighted by molar-refractivity contribution is -0.117. The van der Waals surface area contributed by atoms with E-state index in [0.29, 0.717) is 0 Å². The van der Waals surface area contributed by atoms with Crippen molar-refractivity contribution in [1.82, 2.24) is 15.1 Å². The molecule has 5 rings (SSSR count). The zero-order valence-electron chi connectivity index (χ0n) is 17.3. The smallest absolute Gasteiger partial charge is 0.244 e. The quantitative estimate of drug-likeness (QED) is 0.635. The van der Waals surface area contributed by atoms with Crippen molar-refractivity contribution in [2.45, 2.75) is 51.3 Å². The second kappa shape index (κ2) is 8.07. The molecule has 3 aromatic rings. The van der Waals surface area contributed by atoms with Crippen LogP contribution in [-0.4, -0.2) is 22.3 Å². The topological polar surface area (TPSA) is 56.2 Å². The summed E-state index contributed by atoms with van der Waals surface area (Å²) < 4.78 is 7.88. The first-order valence-corrected chi connectivity index (χ1v) is 10.8. The predicted molar refractivity (Wildman–Crippen MR) is 118 cm³/mol. The van der Waals surface area contributed by atoms with Gasteiger partial charge in [-0.1, -0.05) is 30.3 Å². The van der Waals surface area contributed by atoms with Crippen LogP contribution in [0.3, 0.4) is 0 Å². The van der Waals surface area contributed by atoms with E-state index in [0.717, 1.165) is 55.2 Å². The summed E-state index contributed by atoms with van der Waals surface area (Å²) in [6, 6.07) is 12.6. The molecule has 0 saturated carbocycles. The normalized spacial score (nSPS) is 21.2. The van der Waals surface area contributed by atoms with Crippen molar-refractivity contribution < 1.29 is 9.53 Å². The molecule has 5 nitrogen and oxygen atoms in total. The summed E-state index contributed by atoms with van der Waals surface area (Å²) in [5.41, 5.74) is 5.93. The van der Waals surface area contributed by atoms with E-state index in [9.17, 15) is 4.79 Å². The largest absolute Gasteiger partial charge is 0.356 e. The molecule has 2 aliphatic rings. The lowest BCUT2D eigenvalue weighted by Crippen LogP contribution is -2.25. The molecule has 2 aromatic carbocycles. The summed E-state index contributed by atoms with van der Waals surface area (Å²) in [6.07, 6.45) is 10.6. The first-order valence-electron chi connectivity index (χ1n) is 10.8. The molecule has 0 radical (unpaired) electrons. The molecule has 1 aromatic heterocycles. The van der Waals surface area contributed by atoms with E-state index in [2.05, 4.69) is 47.7 Å². The van der Waals surface area contributed by atoms with E-state index >= 15 is 0 Å². The van der Waals surface area contributed by atoms with Gasteiger partial charge in [0.25, 0.3) is 0 Å². The zero-order valence-corrected chi connectivity index (χ0v) is 17.3. The highest BCUT2D eigenvalue weighted by Crippen LogP contribution is 2.33. The van der Waals surface area contributed by atoms with Gasteiger partial charge >= 0.3 is 0 Å². The van der Waals surface area contributed by atoms with Crippen molar-refractivity contribution in [2.75, 3.05) is 6.61 Å². The highest BCUT2D eigenvalue weighted by molar-refractivity contribution is 5.93. The molecule has 1 amide bonds. The van der Waals surface area contributed by atoms with Crippen LogP contribution in [0.5, 0.6) is 0 Å². The fourth-order valence-electron chi connectivity index (χ4n) is 4.74. The molecule has 0 spiro atoms. The Bertz CT molecular complexity index is 1110. The summed E-state index contributed by atoms with van der Waals surface area (Å²) in [5.74, 6) is -0.0553. The standard InChI is InChI=1S/C25H27N3O2/c1-17-5-4-6-19-11-12-21(25(17)19)27-23(29)13-9-18-8-10-20-16-26-28(22(20)15-18)24-7-2-3-14-30-24/h4-6,8-10,13,15-16,21,24H,2-3,7,11-12,14H2,1H3,(H,27,29). The number of aryl methyl sites for hydroxylation is 2. The molecule has 0 bridgehead atoms. The minimum Gasteiger partial charge on any atom is -0.356 e. The summed E-state index contributed by atoms with van der Waals surface area (Å²) >= 11 is 0. The fourth-order valence-corrected chi connectivity index (χ4v) is 4.74. The number of hydrogen-bond acceptors (Lipinski definition) is 3. The number of rotatable bonds is 4. The van der Waals surface area contributed by atoms with E-state index in [4.69, 9.17) is 4.74 Å². The van der Waals surface area contributed by atoms with Gasteiger partial charge in [-0.15, -0.1) is 0 Å². The molecule has 2 unspecified atom stereocenters. The zero-order chi connectivity index (χ0) is 20.5. The molecule has 2 atom stereocenters. The van der Waals surface area contributed by atoms with E-state index in [-0.39, 0.29) is 18.2 Å². The lowest BCUT2D eigenvalue weighted by atomic mass is 10.0. The predicted octanol–water partition coefficient (Wildman–Crippen LogP) is 4.86. The van der Waals surface area contributed by atoms with Crippen molar-refractivity contribution in [2.24, 2.45) is 0 Å². The Morgan fingerprint density at radius 1 is 1.23 bits per heavy atom. The average molecular weight is 402 g/mol. The molecular weight excluding hydrogens is 374 g/mol. The Kier molecular flexibility index (Phi) is 5.13. The Hall–Kier alpha value is -2.92. The minimum atomic E-state index is -0.0553. The Morgan fingerprint density at radius 2 is 2.17 bits per heavy atom. The van der Waals surface area contributed by atoms with Crippen LogP contribution in [0, 0.1) is 6.92 Å². The number of fused-ring (bicyclic) bond motifs is 2. The van der Waals surface area contributed by atoms with Crippen LogP contribution in [0.2, 0.25) is 0 Å². The lowest BCUT2D eigenvalue weighted by Gasteiger charge is -2.23. The maximum atomic E-state index is 12.6. The van der Waals surface area contributed by atoms with Crippen LogP contribution < -0.4 is 5.32 Å². The maximum absolute atomic E-state index is 12.6. The molecule has 2 heterocycles. The molecule has 1 aliphatic carbocycles. The second-order valence-electron chi connectivity index (χ2n) is 8.31. The van der Waals surface area contributed by atoms with Gasteiger partial charge in [0, 0.05) is 18.1 Å². The van der Waals surface area contributed by atoms with Gasteiger partial charge in [-0.05, 0) is 73.4 Å². The van der Waals surface area contributed by atoms with Gasteiger partial charge in [0.1, 0.15) is 0 Å². The van der Waals surface area contributed by atoms with E-state index < -0.39 is 0 Å². The molecule has 30 heavy (non-hydrogen) atoms. The van der Waals surface area contributed by atoms with Crippen molar-refractivity contribution in [1.29, 1.82) is 0 Å². The second-order valence-corrected chi connectivity index (χ2v) is 8.31. The first-order chi connectivity index (χ1) is 14.7. The number of ether oxygens (including phenoxy) is 1. The van der Waals surface area contributed by atoms with Gasteiger partial charge in [0.15, 0.2) is 6.23 Å². The number of carbonyl (C=O) groups excluding carboxylic acids is 1. The number of benzene rings is 2. The number of aromatic nitrogens is 2. The summed E-state index contributed by atoms with van der Waals surface area (Å²) in [4.78, 5) is 12.6. The molecule has 5 heteroatoms. The first kappa shape index (κ1) is 19.1. The van der Waals surface area contributed by atoms with Crippen LogP contribution >= 0.6 is 0 Å². The van der Waals surface area contributed by atoms with Gasteiger partial charge in [0.05, 0.1) is 17.8 Å². The highest BCUT2D eigenvalue weighted by atomic mass is 16.5. The van der Waals surface area contributed by atoms with Crippen LogP contribution in [0.15, 0.2) is 48.7 Å². The van der Waals surface area contributed by atoms with E-state index in [1.807, 2.05) is 23.0 Å². The fraction of sp³-hybridized carbons (Fsp3) is 0.360. The highest BCUT2D eigenvalue weighted by Gasteiger charge is 2.24. The minimum absolute atomic E-state index is 0.00412. The molecule has 1 fully saturated rings. The molecule has 1 N–H and O–H groups in total. The molecule has 154 valence electrons. The number of hydrogen-bond donors (Lipinski definition) is 1. The average Bonchev–Trinajstić information content (AvgIpc) is 3.37. The number of carbonyl (C=O) groups is 1. The van der Waals surface area contributed by atoms with Gasteiger partial charge in [-0.3, -0.25) is 4.79 Å². The Balaban J connectivity index is 1.31. The van der Waals surface area contributed by atoms with Crippen LogP contribution in [0.4, 0.5) is 0 Å². The SMILES string of the molecule is Cc1cccc2c1C(NC(=O)C=Cc1ccc3cnn(C4CCCCO4)c3c1)CC2. The third-order valence-corrected chi connectivity index (χ3v) is 6.26. The number of amides is 1.